The molecule has 1 saturated carbocycles. The van der Waals surface area contributed by atoms with E-state index in [9.17, 15) is 9.18 Å². The van der Waals surface area contributed by atoms with E-state index in [4.69, 9.17) is 5.11 Å². The summed E-state index contributed by atoms with van der Waals surface area (Å²) in [6, 6.07) is 4.28. The second-order valence-corrected chi connectivity index (χ2v) is 5.14. The second-order valence-electron chi connectivity index (χ2n) is 5.14. The monoisotopic (exact) mass is 275 g/mol. The Bertz CT molecular complexity index is 555. The molecule has 1 N–H and O–H groups in total. The minimum atomic E-state index is -0.569. The van der Waals surface area contributed by atoms with Crippen molar-refractivity contribution in [3.63, 3.8) is 0 Å². The van der Waals surface area contributed by atoms with Crippen LogP contribution in [0.25, 0.3) is 0 Å². The van der Waals surface area contributed by atoms with E-state index in [1.807, 2.05) is 0 Å². The van der Waals surface area contributed by atoms with Crippen LogP contribution in [-0.2, 0) is 0 Å². The molecule has 20 heavy (non-hydrogen) atoms. The fourth-order valence-electron chi connectivity index (χ4n) is 2.26. The Morgan fingerprint density at radius 1 is 1.50 bits per heavy atom. The Balaban J connectivity index is 2.08. The lowest BCUT2D eigenvalue weighted by molar-refractivity contribution is 0.0740. The van der Waals surface area contributed by atoms with Crippen LogP contribution in [-0.4, -0.2) is 36.1 Å². The highest BCUT2D eigenvalue weighted by Crippen LogP contribution is 2.27. The maximum atomic E-state index is 13.9. The molecule has 4 heteroatoms. The van der Waals surface area contributed by atoms with Gasteiger partial charge in [-0.3, -0.25) is 4.79 Å². The first-order valence-corrected chi connectivity index (χ1v) is 6.76. The van der Waals surface area contributed by atoms with E-state index in [1.54, 1.807) is 18.0 Å². The first-order chi connectivity index (χ1) is 9.61. The Morgan fingerprint density at radius 3 is 2.80 bits per heavy atom. The maximum absolute atomic E-state index is 13.9. The molecule has 1 amide bonds. The molecule has 0 bridgehead atoms. The molecule has 1 aliphatic rings. The van der Waals surface area contributed by atoms with Crippen molar-refractivity contribution in [3.05, 3.63) is 35.1 Å². The van der Waals surface area contributed by atoms with Crippen molar-refractivity contribution in [2.45, 2.75) is 19.3 Å². The molecule has 0 radical (unpaired) electrons. The number of nitrogens with zero attached hydrogens (tertiary/aromatic N) is 1. The largest absolute Gasteiger partial charge is 0.384 e. The van der Waals surface area contributed by atoms with Gasteiger partial charge in [0.1, 0.15) is 12.4 Å². The number of benzene rings is 1. The quantitative estimate of drug-likeness (QED) is 0.858. The van der Waals surface area contributed by atoms with Gasteiger partial charge >= 0.3 is 0 Å². The van der Waals surface area contributed by atoms with Gasteiger partial charge in [-0.05, 0) is 37.0 Å². The summed E-state index contributed by atoms with van der Waals surface area (Å²) in [6.07, 6.45) is 3.52. The number of amides is 1. The smallest absolute Gasteiger partial charge is 0.256 e. The zero-order chi connectivity index (χ0) is 14.5. The highest BCUT2D eigenvalue weighted by molar-refractivity contribution is 5.94. The third-order valence-corrected chi connectivity index (χ3v) is 3.61. The molecule has 1 fully saturated rings. The summed E-state index contributed by atoms with van der Waals surface area (Å²) < 4.78 is 13.9. The van der Waals surface area contributed by atoms with Crippen LogP contribution in [0, 0.1) is 23.6 Å². The maximum Gasteiger partial charge on any atom is 0.256 e. The lowest BCUT2D eigenvalue weighted by atomic mass is 9.85. The van der Waals surface area contributed by atoms with Crippen molar-refractivity contribution in [2.75, 3.05) is 20.2 Å². The summed E-state index contributed by atoms with van der Waals surface area (Å²) in [4.78, 5) is 13.8. The molecule has 2 rings (SSSR count). The minimum absolute atomic E-state index is 0.0707. The standard InChI is InChI=1S/C16H18FNO2/c1-18(11-13-4-2-5-13)16(20)14-8-7-12(6-3-9-19)10-15(14)17/h7-8,10,13,19H,2,4-5,9,11H2,1H3. The Kier molecular flexibility index (Phi) is 4.75. The molecule has 0 aliphatic heterocycles. The number of carbonyl (C=O) groups is 1. The van der Waals surface area contributed by atoms with Gasteiger partial charge in [0.15, 0.2) is 0 Å². The van der Waals surface area contributed by atoms with Crippen molar-refractivity contribution in [3.8, 4) is 11.8 Å². The van der Waals surface area contributed by atoms with E-state index in [0.717, 1.165) is 12.8 Å². The molecule has 106 valence electrons. The number of rotatable bonds is 3. The van der Waals surface area contributed by atoms with Crippen molar-refractivity contribution >= 4 is 5.91 Å². The molecular weight excluding hydrogens is 257 g/mol. The SMILES string of the molecule is CN(CC1CCC1)C(=O)c1ccc(C#CCO)cc1F. The summed E-state index contributed by atoms with van der Waals surface area (Å²) >= 11 is 0. The number of hydrogen-bond acceptors (Lipinski definition) is 2. The zero-order valence-electron chi connectivity index (χ0n) is 11.5. The van der Waals surface area contributed by atoms with Crippen LogP contribution in [0.1, 0.15) is 35.2 Å². The summed E-state index contributed by atoms with van der Waals surface area (Å²) in [5.41, 5.74) is 0.524. The number of aliphatic hydroxyl groups excluding tert-OH is 1. The summed E-state index contributed by atoms with van der Waals surface area (Å²) in [7, 11) is 1.71. The lowest BCUT2D eigenvalue weighted by Gasteiger charge is -2.30. The van der Waals surface area contributed by atoms with E-state index in [2.05, 4.69) is 11.8 Å². The van der Waals surface area contributed by atoms with Crippen molar-refractivity contribution in [1.82, 2.24) is 4.90 Å². The normalized spacial score (nSPS) is 14.2. The average molecular weight is 275 g/mol. The molecule has 0 saturated heterocycles. The molecule has 0 spiro atoms. The first kappa shape index (κ1) is 14.5. The highest BCUT2D eigenvalue weighted by atomic mass is 19.1. The van der Waals surface area contributed by atoms with Gasteiger partial charge in [0.2, 0.25) is 0 Å². The van der Waals surface area contributed by atoms with Gasteiger partial charge in [0.05, 0.1) is 5.56 Å². The van der Waals surface area contributed by atoms with Gasteiger partial charge in [0.25, 0.3) is 5.91 Å². The van der Waals surface area contributed by atoms with Gasteiger partial charge in [-0.1, -0.05) is 18.3 Å². The Hall–Kier alpha value is -1.86. The highest BCUT2D eigenvalue weighted by Gasteiger charge is 2.23. The second kappa shape index (κ2) is 6.53. The lowest BCUT2D eigenvalue weighted by Crippen LogP contribution is -2.34. The minimum Gasteiger partial charge on any atom is -0.384 e. The van der Waals surface area contributed by atoms with E-state index in [0.29, 0.717) is 18.0 Å². The van der Waals surface area contributed by atoms with Crippen LogP contribution in [0.15, 0.2) is 18.2 Å². The van der Waals surface area contributed by atoms with E-state index in [-0.39, 0.29) is 18.1 Å². The molecule has 1 aliphatic carbocycles. The summed E-state index contributed by atoms with van der Waals surface area (Å²) in [6.45, 7) is 0.413. The summed E-state index contributed by atoms with van der Waals surface area (Å²) in [5.74, 6) is 4.76. The topological polar surface area (TPSA) is 40.5 Å². The van der Waals surface area contributed by atoms with Crippen molar-refractivity contribution < 1.29 is 14.3 Å². The zero-order valence-corrected chi connectivity index (χ0v) is 11.5. The Morgan fingerprint density at radius 2 is 2.25 bits per heavy atom. The van der Waals surface area contributed by atoms with Gasteiger partial charge in [-0.25, -0.2) is 4.39 Å². The first-order valence-electron chi connectivity index (χ1n) is 6.76. The molecule has 0 unspecified atom stereocenters. The van der Waals surface area contributed by atoms with E-state index >= 15 is 0 Å². The van der Waals surface area contributed by atoms with Crippen LogP contribution in [0.3, 0.4) is 0 Å². The molecule has 3 nitrogen and oxygen atoms in total. The molecule has 1 aromatic carbocycles. The predicted molar refractivity (Wildman–Crippen MR) is 74.7 cm³/mol. The molecule has 0 atom stereocenters. The van der Waals surface area contributed by atoms with E-state index in [1.165, 1.54) is 18.6 Å². The third-order valence-electron chi connectivity index (χ3n) is 3.61. The number of carbonyl (C=O) groups excluding carboxylic acids is 1. The van der Waals surface area contributed by atoms with Gasteiger partial charge in [-0.15, -0.1) is 0 Å². The number of hydrogen-bond donors (Lipinski definition) is 1. The average Bonchev–Trinajstić information content (AvgIpc) is 2.39. The van der Waals surface area contributed by atoms with Crippen LogP contribution < -0.4 is 0 Å². The van der Waals surface area contributed by atoms with Crippen LogP contribution in [0.2, 0.25) is 0 Å². The van der Waals surface area contributed by atoms with Crippen LogP contribution >= 0.6 is 0 Å². The van der Waals surface area contributed by atoms with Gasteiger partial charge in [-0.2, -0.15) is 0 Å². The molecule has 1 aromatic rings. The van der Waals surface area contributed by atoms with Crippen LogP contribution in [0.5, 0.6) is 0 Å². The van der Waals surface area contributed by atoms with E-state index < -0.39 is 5.82 Å². The predicted octanol–water partition coefficient (Wildman–Crippen LogP) is 2.04. The fraction of sp³-hybridized carbons (Fsp3) is 0.438. The van der Waals surface area contributed by atoms with Gasteiger partial charge < -0.3 is 10.0 Å². The Labute approximate surface area is 118 Å². The van der Waals surface area contributed by atoms with Crippen molar-refractivity contribution in [1.29, 1.82) is 0 Å². The molecule has 0 aromatic heterocycles. The van der Waals surface area contributed by atoms with Gasteiger partial charge in [0, 0.05) is 19.2 Å². The molecular formula is C16H18FNO2. The molecule has 0 heterocycles. The van der Waals surface area contributed by atoms with Crippen molar-refractivity contribution in [2.24, 2.45) is 5.92 Å². The van der Waals surface area contributed by atoms with Crippen LogP contribution in [0.4, 0.5) is 4.39 Å². The fourth-order valence-corrected chi connectivity index (χ4v) is 2.26. The third kappa shape index (κ3) is 3.37. The summed E-state index contributed by atoms with van der Waals surface area (Å²) in [5, 5.41) is 8.60. The number of halogens is 1. The number of aliphatic hydroxyl groups is 1.